The zero-order chi connectivity index (χ0) is 48.8. The minimum atomic E-state index is -0.615. The van der Waals surface area contributed by atoms with Crippen LogP contribution in [0.15, 0.2) is 194 Å². The Balaban J connectivity index is 0.832. The maximum atomic E-state index is 14.3. The van der Waals surface area contributed by atoms with Gasteiger partial charge < -0.3 is 14.4 Å². The highest BCUT2D eigenvalue weighted by atomic mass is 19.1. The second-order valence-electron chi connectivity index (χ2n) is 17.3. The Hall–Kier alpha value is -8.36. The van der Waals surface area contributed by atoms with Crippen molar-refractivity contribution < 1.29 is 28.2 Å². The molecule has 13 nitrogen and oxygen atoms in total. The predicted octanol–water partition coefficient (Wildman–Crippen LogP) is 9.70. The summed E-state index contributed by atoms with van der Waals surface area (Å²) in [5.41, 5.74) is 6.14. The molecule has 0 N–H and O–H groups in total. The number of rotatable bonds is 24. The molecule has 6 aromatic rings. The summed E-state index contributed by atoms with van der Waals surface area (Å²) in [6.07, 6.45) is 29.9. The molecule has 71 heavy (non-hydrogen) atoms. The lowest BCUT2D eigenvalue weighted by Crippen LogP contribution is -2.70. The van der Waals surface area contributed by atoms with E-state index >= 15 is 0 Å². The number of carbonyl (C=O) groups is 3. The molecule has 9 rings (SSSR count). The number of allylic oxidation sites excluding steroid dienone is 12. The van der Waals surface area contributed by atoms with E-state index in [1.165, 1.54) is 12.1 Å². The number of ether oxygens (including phenoxy) is 2. The number of aryl methyl sites for hydroxylation is 2. The zero-order valence-corrected chi connectivity index (χ0v) is 39.1. The third-order valence-corrected chi connectivity index (χ3v) is 12.1. The SMILES string of the molecule is O=C(/C=C/C1=CCC=C1)c1ccc(OCCCn2cc(CN(Cc3cn(CCCOc4ccc(C(=O)/C=C/C5=CCC=C5)cc4)nn3)[C@@H]3C(=O)N(c4ccc(F)cc4)[C@@H]3/C=C/c3ccccc3)nn2)cc1. The summed E-state index contributed by atoms with van der Waals surface area (Å²) in [6, 6.07) is 29.0. The molecule has 0 unspecified atom stereocenters. The fourth-order valence-corrected chi connectivity index (χ4v) is 8.44. The average molecular weight is 949 g/mol. The molecule has 1 aliphatic heterocycles. The molecule has 0 saturated carbocycles. The molecule has 14 heteroatoms. The number of carbonyl (C=O) groups excluding carboxylic acids is 3. The van der Waals surface area contributed by atoms with E-state index in [2.05, 4.69) is 44.9 Å². The van der Waals surface area contributed by atoms with Crippen molar-refractivity contribution in [2.75, 3.05) is 18.1 Å². The Morgan fingerprint density at radius 1 is 0.662 bits per heavy atom. The quantitative estimate of drug-likeness (QED) is 0.0250. The molecule has 3 heterocycles. The van der Waals surface area contributed by atoms with Gasteiger partial charge in [-0.25, -0.2) is 4.39 Å². The Morgan fingerprint density at radius 2 is 1.18 bits per heavy atom. The van der Waals surface area contributed by atoms with Gasteiger partial charge in [0.05, 0.1) is 30.6 Å². The summed E-state index contributed by atoms with van der Waals surface area (Å²) in [5, 5.41) is 17.8. The topological polar surface area (TPSA) is 138 Å². The molecular weight excluding hydrogens is 896 g/mol. The number of ketones is 2. The van der Waals surface area contributed by atoms with Crippen molar-refractivity contribution in [2.24, 2.45) is 0 Å². The van der Waals surface area contributed by atoms with Crippen molar-refractivity contribution in [3.8, 4) is 11.5 Å². The molecule has 1 amide bonds. The smallest absolute Gasteiger partial charge is 0.247 e. The number of β-lactam (4-membered cyclic amide) rings is 1. The van der Waals surface area contributed by atoms with Crippen molar-refractivity contribution in [3.63, 3.8) is 0 Å². The minimum absolute atomic E-state index is 0.0669. The Kier molecular flexibility index (Phi) is 15.6. The molecule has 2 atom stereocenters. The number of amides is 1. The Labute approximate surface area is 411 Å². The summed E-state index contributed by atoms with van der Waals surface area (Å²) in [4.78, 5) is 43.3. The summed E-state index contributed by atoms with van der Waals surface area (Å²) in [7, 11) is 0. The summed E-state index contributed by atoms with van der Waals surface area (Å²) in [6.45, 7) is 2.49. The minimum Gasteiger partial charge on any atom is -0.494 e. The molecule has 1 saturated heterocycles. The fraction of sp³-hybridized carbons (Fsp3) is 0.211. The van der Waals surface area contributed by atoms with Crippen molar-refractivity contribution in [2.45, 2.75) is 63.9 Å². The van der Waals surface area contributed by atoms with Gasteiger partial charge >= 0.3 is 0 Å². The monoisotopic (exact) mass is 948 g/mol. The molecule has 358 valence electrons. The summed E-state index contributed by atoms with van der Waals surface area (Å²) >= 11 is 0. The number of aromatic nitrogens is 6. The number of anilines is 1. The van der Waals surface area contributed by atoms with Crippen LogP contribution >= 0.6 is 0 Å². The third kappa shape index (κ3) is 12.8. The number of hydrogen-bond donors (Lipinski definition) is 0. The van der Waals surface area contributed by atoms with Gasteiger partial charge in [-0.15, -0.1) is 10.2 Å². The highest BCUT2D eigenvalue weighted by Crippen LogP contribution is 2.34. The van der Waals surface area contributed by atoms with Gasteiger partial charge in [-0.05, 0) is 114 Å². The summed E-state index contributed by atoms with van der Waals surface area (Å²) in [5.74, 6) is 0.666. The van der Waals surface area contributed by atoms with E-state index in [-0.39, 0.29) is 36.4 Å². The third-order valence-electron chi connectivity index (χ3n) is 12.1. The maximum absolute atomic E-state index is 14.3. The van der Waals surface area contributed by atoms with Gasteiger partial charge in [0, 0.05) is 68.2 Å². The van der Waals surface area contributed by atoms with Crippen LogP contribution < -0.4 is 14.4 Å². The van der Waals surface area contributed by atoms with Crippen molar-refractivity contribution in [1.29, 1.82) is 0 Å². The van der Waals surface area contributed by atoms with Crippen molar-refractivity contribution >= 4 is 29.2 Å². The van der Waals surface area contributed by atoms with Crippen LogP contribution in [0.4, 0.5) is 10.1 Å². The van der Waals surface area contributed by atoms with Crippen molar-refractivity contribution in [1.82, 2.24) is 34.9 Å². The second-order valence-corrected chi connectivity index (χ2v) is 17.3. The molecule has 1 fully saturated rings. The van der Waals surface area contributed by atoms with E-state index in [4.69, 9.17) is 9.47 Å². The normalized spacial score (nSPS) is 16.4. The second kappa shape index (κ2) is 23.3. The van der Waals surface area contributed by atoms with Crippen LogP contribution in [-0.2, 0) is 31.0 Å². The van der Waals surface area contributed by atoms with Crippen LogP contribution in [0, 0.1) is 5.82 Å². The van der Waals surface area contributed by atoms with E-state index < -0.39 is 12.1 Å². The van der Waals surface area contributed by atoms with Crippen LogP contribution in [0.2, 0.25) is 0 Å². The molecule has 0 bridgehead atoms. The van der Waals surface area contributed by atoms with Gasteiger partial charge in [0.1, 0.15) is 23.4 Å². The van der Waals surface area contributed by atoms with Gasteiger partial charge in [0.25, 0.3) is 0 Å². The van der Waals surface area contributed by atoms with E-state index in [1.807, 2.05) is 84.1 Å². The van der Waals surface area contributed by atoms with Gasteiger partial charge in [-0.2, -0.15) is 0 Å². The molecule has 0 radical (unpaired) electrons. The molecular formula is C57H53FN8O5. The number of nitrogens with zero attached hydrogens (tertiary/aromatic N) is 8. The van der Waals surface area contributed by atoms with E-state index in [0.29, 0.717) is 78.8 Å². The first-order chi connectivity index (χ1) is 34.8. The molecule has 2 aromatic heterocycles. The lowest BCUT2D eigenvalue weighted by molar-refractivity contribution is -0.131. The Bertz CT molecular complexity index is 2880. The summed E-state index contributed by atoms with van der Waals surface area (Å²) < 4.78 is 29.6. The lowest BCUT2D eigenvalue weighted by atomic mass is 9.90. The van der Waals surface area contributed by atoms with Crippen LogP contribution in [0.1, 0.15) is 63.4 Å². The molecule has 3 aliphatic rings. The molecule has 4 aromatic carbocycles. The van der Waals surface area contributed by atoms with E-state index in [9.17, 15) is 18.8 Å². The predicted molar refractivity (Wildman–Crippen MR) is 270 cm³/mol. The first kappa shape index (κ1) is 47.7. The van der Waals surface area contributed by atoms with Crippen LogP contribution in [0.5, 0.6) is 11.5 Å². The lowest BCUT2D eigenvalue weighted by Gasteiger charge is -2.50. The van der Waals surface area contributed by atoms with E-state index in [0.717, 1.165) is 29.6 Å². The van der Waals surface area contributed by atoms with Crippen LogP contribution in [0.25, 0.3) is 6.08 Å². The number of halogens is 1. The molecule has 0 spiro atoms. The number of benzene rings is 4. The van der Waals surface area contributed by atoms with Gasteiger partial charge in [-0.3, -0.25) is 28.6 Å². The van der Waals surface area contributed by atoms with Gasteiger partial charge in [-0.1, -0.05) is 102 Å². The van der Waals surface area contributed by atoms with Gasteiger partial charge in [0.15, 0.2) is 11.6 Å². The average Bonchev–Trinajstić information content (AvgIpc) is 4.26. The van der Waals surface area contributed by atoms with Crippen LogP contribution in [0.3, 0.4) is 0 Å². The fourth-order valence-electron chi connectivity index (χ4n) is 8.44. The molecule has 2 aliphatic carbocycles. The number of hydrogen-bond acceptors (Lipinski definition) is 10. The van der Waals surface area contributed by atoms with Gasteiger partial charge in [0.2, 0.25) is 5.91 Å². The zero-order valence-electron chi connectivity index (χ0n) is 39.1. The van der Waals surface area contributed by atoms with E-state index in [1.54, 1.807) is 87.1 Å². The van der Waals surface area contributed by atoms with Crippen molar-refractivity contribution in [3.05, 3.63) is 227 Å². The van der Waals surface area contributed by atoms with Crippen LogP contribution in [-0.4, -0.2) is 77.7 Å². The standard InChI is InChI=1S/C57H53FN8O5/c58-47-23-25-50(26-24-47)66-53(31-16-42-10-2-1-3-11-42)56(57(66)69)63(38-48-40-64(61-59-48)34-8-36-70-51-27-19-45(20-28-51)54(67)32-17-43-12-4-5-13-43)39-49-41-65(62-60-49)35-9-37-71-52-29-21-46(22-30-52)55(68)33-18-44-14-6-7-15-44/h1-4,6,10-33,40-41,53,56H,5,7-9,34-39H2/b31-16+,32-17+,33-18+/t53-,56+/m1/s1. The maximum Gasteiger partial charge on any atom is 0.247 e. The first-order valence-electron chi connectivity index (χ1n) is 23.8. The Morgan fingerprint density at radius 3 is 1.68 bits per heavy atom. The highest BCUT2D eigenvalue weighted by molar-refractivity contribution is 6.07. The highest BCUT2D eigenvalue weighted by Gasteiger charge is 2.50. The first-order valence-corrected chi connectivity index (χ1v) is 23.8. The largest absolute Gasteiger partial charge is 0.494 e.